The molecule has 3 rings (SSSR count). The summed E-state index contributed by atoms with van der Waals surface area (Å²) in [6.45, 7) is 8.04. The van der Waals surface area contributed by atoms with Crippen LogP contribution >= 0.6 is 0 Å². The number of carbonyl (C=O) groups is 1. The maximum Gasteiger partial charge on any atom is 0.295 e. The third kappa shape index (κ3) is 9.64. The van der Waals surface area contributed by atoms with Crippen LogP contribution in [0.5, 0.6) is 5.75 Å². The maximum absolute atomic E-state index is 13.8. The lowest BCUT2D eigenvalue weighted by Crippen LogP contribution is -2.24. The first kappa shape index (κ1) is 33.2. The lowest BCUT2D eigenvalue weighted by molar-refractivity contribution is 0.102. The van der Waals surface area contributed by atoms with E-state index in [2.05, 4.69) is 12.2 Å². The van der Waals surface area contributed by atoms with Gasteiger partial charge in [0.2, 0.25) is 0 Å². The Morgan fingerprint density at radius 1 is 0.810 bits per heavy atom. The van der Waals surface area contributed by atoms with E-state index in [-0.39, 0.29) is 23.3 Å². The summed E-state index contributed by atoms with van der Waals surface area (Å²) in [5.74, 6) is 0.258. The first-order valence-electron chi connectivity index (χ1n) is 16.3. The number of rotatable bonds is 19. The van der Waals surface area contributed by atoms with Crippen LogP contribution in [0.15, 0.2) is 53.3 Å². The molecule has 0 saturated heterocycles. The summed E-state index contributed by atoms with van der Waals surface area (Å²) < 4.78 is 9.43. The minimum atomic E-state index is -0.304. The highest BCUT2D eigenvalue weighted by molar-refractivity contribution is 6.07. The fraction of sp³-hybridized carbons (Fsp3) is 0.556. The van der Waals surface area contributed by atoms with Crippen LogP contribution in [0.4, 0.5) is 5.69 Å². The van der Waals surface area contributed by atoms with Gasteiger partial charge in [-0.15, -0.1) is 0 Å². The van der Waals surface area contributed by atoms with Crippen molar-refractivity contribution in [3.8, 4) is 11.4 Å². The number of aryl methyl sites for hydroxylation is 1. The van der Waals surface area contributed by atoms with Crippen molar-refractivity contribution in [1.82, 2.24) is 9.36 Å². The molecule has 1 N–H and O–H groups in total. The molecular formula is C36H53N3O3. The van der Waals surface area contributed by atoms with E-state index in [1.165, 1.54) is 70.6 Å². The fourth-order valence-corrected chi connectivity index (χ4v) is 5.62. The average molecular weight is 576 g/mol. The molecule has 0 spiro atoms. The largest absolute Gasteiger partial charge is 0.490 e. The lowest BCUT2D eigenvalue weighted by Gasteiger charge is -2.17. The highest BCUT2D eigenvalue weighted by atomic mass is 16.5. The minimum Gasteiger partial charge on any atom is -0.490 e. The number of hydrogen-bond donors (Lipinski definition) is 1. The van der Waals surface area contributed by atoms with Gasteiger partial charge in [0, 0.05) is 7.05 Å². The molecule has 0 unspecified atom stereocenters. The summed E-state index contributed by atoms with van der Waals surface area (Å²) in [4.78, 5) is 27.2. The number of hydrogen-bond acceptors (Lipinski definition) is 3. The van der Waals surface area contributed by atoms with Crippen molar-refractivity contribution in [2.45, 2.75) is 124 Å². The first-order valence-corrected chi connectivity index (χ1v) is 16.3. The molecule has 0 aliphatic carbocycles. The van der Waals surface area contributed by atoms with Gasteiger partial charge in [-0.2, -0.15) is 0 Å². The molecular weight excluding hydrogens is 522 g/mol. The monoisotopic (exact) mass is 575 g/mol. The maximum atomic E-state index is 13.8. The zero-order chi connectivity index (χ0) is 30.3. The molecule has 6 nitrogen and oxygen atoms in total. The number of nitrogens with zero attached hydrogens (tertiary/aromatic N) is 2. The summed E-state index contributed by atoms with van der Waals surface area (Å²) in [5, 5.41) is 2.96. The number of benzene rings is 2. The molecule has 42 heavy (non-hydrogen) atoms. The minimum absolute atomic E-state index is 0.0723. The van der Waals surface area contributed by atoms with E-state index in [9.17, 15) is 9.59 Å². The second-order valence-corrected chi connectivity index (χ2v) is 11.8. The molecule has 1 amide bonds. The molecule has 230 valence electrons. The van der Waals surface area contributed by atoms with E-state index in [0.717, 1.165) is 30.5 Å². The Hall–Kier alpha value is -3.28. The van der Waals surface area contributed by atoms with Crippen molar-refractivity contribution < 1.29 is 9.53 Å². The predicted octanol–water partition coefficient (Wildman–Crippen LogP) is 9.16. The molecule has 3 aromatic rings. The smallest absolute Gasteiger partial charge is 0.295 e. The van der Waals surface area contributed by atoms with Crippen molar-refractivity contribution in [2.75, 3.05) is 5.32 Å². The second-order valence-electron chi connectivity index (χ2n) is 11.8. The molecule has 0 radical (unpaired) electrons. The summed E-state index contributed by atoms with van der Waals surface area (Å²) >= 11 is 0. The molecule has 0 atom stereocenters. The van der Waals surface area contributed by atoms with E-state index in [0.29, 0.717) is 17.0 Å². The van der Waals surface area contributed by atoms with Crippen LogP contribution in [0.3, 0.4) is 0 Å². The topological polar surface area (TPSA) is 65.3 Å². The first-order chi connectivity index (χ1) is 20.3. The van der Waals surface area contributed by atoms with Gasteiger partial charge in [0.1, 0.15) is 11.4 Å². The van der Waals surface area contributed by atoms with Crippen LogP contribution in [-0.4, -0.2) is 21.4 Å². The number of amides is 1. The van der Waals surface area contributed by atoms with Gasteiger partial charge in [-0.1, -0.05) is 114 Å². The van der Waals surface area contributed by atoms with E-state index in [1.54, 1.807) is 9.36 Å². The summed E-state index contributed by atoms with van der Waals surface area (Å²) in [6, 6.07) is 15.3. The zero-order valence-corrected chi connectivity index (χ0v) is 26.7. The molecule has 6 heteroatoms. The van der Waals surface area contributed by atoms with E-state index >= 15 is 0 Å². The van der Waals surface area contributed by atoms with Gasteiger partial charge in [-0.05, 0) is 57.4 Å². The Kier molecular flexibility index (Phi) is 13.9. The van der Waals surface area contributed by atoms with Crippen LogP contribution in [0.25, 0.3) is 5.69 Å². The van der Waals surface area contributed by atoms with Gasteiger partial charge >= 0.3 is 0 Å². The van der Waals surface area contributed by atoms with Crippen molar-refractivity contribution in [3.63, 3.8) is 0 Å². The predicted molar refractivity (Wildman–Crippen MR) is 175 cm³/mol. The number of anilines is 1. The van der Waals surface area contributed by atoms with Gasteiger partial charge in [0.05, 0.1) is 23.0 Å². The van der Waals surface area contributed by atoms with Crippen molar-refractivity contribution in [2.24, 2.45) is 7.05 Å². The van der Waals surface area contributed by atoms with E-state index < -0.39 is 0 Å². The SMILES string of the molecule is CCCCCCCCCCCCCCCc1cccc(OC(C)C)c1C(=O)Nc1c(C)n(C)n(-c2ccccc2)c1=O. The molecule has 1 heterocycles. The standard InChI is InChI=1S/C36H53N3O3/c1-6-7-8-9-10-11-12-13-14-15-16-17-19-23-30-24-22-27-32(42-28(2)3)33(30)35(40)37-34-29(4)38(5)39(36(34)41)31-25-20-18-21-26-31/h18,20-22,24-28H,6-17,19,23H2,1-5H3,(H,37,40). The van der Waals surface area contributed by atoms with Crippen LogP contribution in [-0.2, 0) is 13.5 Å². The van der Waals surface area contributed by atoms with Gasteiger partial charge in [-0.3, -0.25) is 14.3 Å². The van der Waals surface area contributed by atoms with Crippen LogP contribution in [0.1, 0.15) is 126 Å². The molecule has 0 aliphatic rings. The third-order valence-electron chi connectivity index (χ3n) is 8.04. The Morgan fingerprint density at radius 3 is 1.95 bits per heavy atom. The molecule has 1 aromatic heterocycles. The number of para-hydroxylation sites is 1. The van der Waals surface area contributed by atoms with Gasteiger partial charge < -0.3 is 10.1 Å². The number of aromatic nitrogens is 2. The molecule has 0 fully saturated rings. The Labute approximate surface area is 253 Å². The summed E-state index contributed by atoms with van der Waals surface area (Å²) in [5.41, 5.74) is 2.97. The Morgan fingerprint density at radius 2 is 1.38 bits per heavy atom. The average Bonchev–Trinajstić information content (AvgIpc) is 3.18. The number of unbranched alkanes of at least 4 members (excludes halogenated alkanes) is 12. The summed E-state index contributed by atoms with van der Waals surface area (Å²) in [6.07, 6.45) is 17.7. The normalized spacial score (nSPS) is 11.3. The van der Waals surface area contributed by atoms with Gasteiger partial charge in [0.25, 0.3) is 11.5 Å². The molecule has 2 aromatic carbocycles. The van der Waals surface area contributed by atoms with E-state index in [1.807, 2.05) is 76.3 Å². The van der Waals surface area contributed by atoms with Gasteiger partial charge in [-0.25, -0.2) is 4.68 Å². The summed E-state index contributed by atoms with van der Waals surface area (Å²) in [7, 11) is 1.83. The zero-order valence-electron chi connectivity index (χ0n) is 26.7. The lowest BCUT2D eigenvalue weighted by atomic mass is 9.98. The van der Waals surface area contributed by atoms with Crippen LogP contribution < -0.4 is 15.6 Å². The van der Waals surface area contributed by atoms with Crippen molar-refractivity contribution in [1.29, 1.82) is 0 Å². The number of carbonyl (C=O) groups excluding carboxylic acids is 1. The highest BCUT2D eigenvalue weighted by Crippen LogP contribution is 2.27. The van der Waals surface area contributed by atoms with Crippen molar-refractivity contribution in [3.05, 3.63) is 75.7 Å². The van der Waals surface area contributed by atoms with Crippen LogP contribution in [0.2, 0.25) is 0 Å². The third-order valence-corrected chi connectivity index (χ3v) is 8.04. The van der Waals surface area contributed by atoms with Crippen molar-refractivity contribution >= 4 is 11.6 Å². The quantitative estimate of drug-likeness (QED) is 0.145. The fourth-order valence-electron chi connectivity index (χ4n) is 5.62. The van der Waals surface area contributed by atoms with Crippen LogP contribution in [0, 0.1) is 6.92 Å². The van der Waals surface area contributed by atoms with Gasteiger partial charge in [0.15, 0.2) is 0 Å². The number of nitrogens with one attached hydrogen (secondary N) is 1. The Bertz CT molecular complexity index is 1290. The number of ether oxygens (including phenoxy) is 1. The molecule has 0 saturated carbocycles. The second kappa shape index (κ2) is 17.6. The molecule has 0 bridgehead atoms. The highest BCUT2D eigenvalue weighted by Gasteiger charge is 2.23. The van der Waals surface area contributed by atoms with E-state index in [4.69, 9.17) is 4.74 Å². The Balaban J connectivity index is 1.60. The molecule has 0 aliphatic heterocycles.